The fourth-order valence-corrected chi connectivity index (χ4v) is 3.71. The van der Waals surface area contributed by atoms with Crippen LogP contribution in [0.4, 0.5) is 0 Å². The van der Waals surface area contributed by atoms with Gasteiger partial charge in [-0.1, -0.05) is 30.0 Å². The number of hydrogen-bond acceptors (Lipinski definition) is 5. The van der Waals surface area contributed by atoms with Crippen molar-refractivity contribution in [1.29, 1.82) is 5.26 Å². The van der Waals surface area contributed by atoms with Crippen LogP contribution >= 0.6 is 0 Å². The van der Waals surface area contributed by atoms with Gasteiger partial charge in [0, 0.05) is 5.56 Å². The number of esters is 1. The zero-order chi connectivity index (χ0) is 22.1. The topological polar surface area (TPSA) is 68.6 Å². The molecule has 0 aliphatic heterocycles. The number of carbonyl (C=O) groups excluding carboxylic acids is 1. The number of nitriles is 1. The van der Waals surface area contributed by atoms with Gasteiger partial charge >= 0.3 is 5.97 Å². The second-order valence-corrected chi connectivity index (χ2v) is 7.57. The molecule has 5 heteroatoms. The van der Waals surface area contributed by atoms with Crippen molar-refractivity contribution < 1.29 is 19.0 Å². The second-order valence-electron chi connectivity index (χ2n) is 7.57. The molecule has 1 fully saturated rings. The van der Waals surface area contributed by atoms with Gasteiger partial charge in [0.2, 0.25) is 0 Å². The van der Waals surface area contributed by atoms with Gasteiger partial charge in [0.1, 0.15) is 0 Å². The van der Waals surface area contributed by atoms with Gasteiger partial charge in [-0.3, -0.25) is 4.79 Å². The van der Waals surface area contributed by atoms with Gasteiger partial charge in [-0.15, -0.1) is 0 Å². The lowest BCUT2D eigenvalue weighted by molar-refractivity contribution is -0.140. The van der Waals surface area contributed by atoms with Crippen molar-refractivity contribution in [2.45, 2.75) is 50.5 Å². The summed E-state index contributed by atoms with van der Waals surface area (Å²) in [6.07, 6.45) is 5.09. The van der Waals surface area contributed by atoms with Gasteiger partial charge in [-0.25, -0.2) is 0 Å². The Morgan fingerprint density at radius 1 is 1.13 bits per heavy atom. The monoisotopic (exact) mass is 417 g/mol. The van der Waals surface area contributed by atoms with Crippen molar-refractivity contribution in [3.8, 4) is 29.4 Å². The van der Waals surface area contributed by atoms with Crippen LogP contribution in [0.2, 0.25) is 0 Å². The first-order valence-electron chi connectivity index (χ1n) is 10.5. The van der Waals surface area contributed by atoms with Crippen molar-refractivity contribution in [1.82, 2.24) is 0 Å². The molecule has 2 aromatic carbocycles. The number of nitrogens with zero attached hydrogens (tertiary/aromatic N) is 1. The molecule has 1 aliphatic carbocycles. The average molecular weight is 418 g/mol. The normalized spacial score (nSPS) is 14.1. The van der Waals surface area contributed by atoms with Gasteiger partial charge in [-0.2, -0.15) is 5.26 Å². The van der Waals surface area contributed by atoms with Crippen LogP contribution < -0.4 is 9.47 Å². The standard InChI is InChI=1S/C26H27NO4/c1-29-24-13-12-21(17-25(24)31-23-8-3-4-9-23)22(18-26(28)30-2)11-10-19-6-5-7-20(16-19)14-15-27/h5-7,12-13,16-17,22-23H,3-4,8-9,14,18H2,1-2H3. The minimum absolute atomic E-state index is 0.135. The molecule has 0 radical (unpaired) electrons. The third-order valence-corrected chi connectivity index (χ3v) is 5.39. The lowest BCUT2D eigenvalue weighted by atomic mass is 9.95. The van der Waals surface area contributed by atoms with E-state index >= 15 is 0 Å². The lowest BCUT2D eigenvalue weighted by Gasteiger charge is -2.18. The predicted molar refractivity (Wildman–Crippen MR) is 118 cm³/mol. The Hall–Kier alpha value is -3.44. The number of carbonyl (C=O) groups is 1. The third kappa shape index (κ3) is 6.27. The molecule has 1 aliphatic rings. The van der Waals surface area contributed by atoms with Crippen LogP contribution in [-0.4, -0.2) is 26.3 Å². The molecule has 0 N–H and O–H groups in total. The smallest absolute Gasteiger partial charge is 0.307 e. The molecule has 0 bridgehead atoms. The number of benzene rings is 2. The predicted octanol–water partition coefficient (Wildman–Crippen LogP) is 4.78. The number of rotatable bonds is 7. The molecule has 0 saturated heterocycles. The van der Waals surface area contributed by atoms with Crippen LogP contribution in [0.25, 0.3) is 0 Å². The Morgan fingerprint density at radius 3 is 2.65 bits per heavy atom. The highest BCUT2D eigenvalue weighted by Gasteiger charge is 2.21. The maximum absolute atomic E-state index is 12.1. The SMILES string of the molecule is COC(=O)CC(C#Cc1cccc(CC#N)c1)c1ccc(OC)c(OC2CCCC2)c1. The molecule has 0 heterocycles. The van der Waals surface area contributed by atoms with Crippen LogP contribution in [0.3, 0.4) is 0 Å². The number of methoxy groups -OCH3 is 2. The first-order chi connectivity index (χ1) is 15.1. The molecule has 0 spiro atoms. The lowest BCUT2D eigenvalue weighted by Crippen LogP contribution is -2.12. The zero-order valence-corrected chi connectivity index (χ0v) is 18.0. The Kier molecular flexibility index (Phi) is 7.96. The first-order valence-corrected chi connectivity index (χ1v) is 10.5. The Labute approximate surface area is 183 Å². The van der Waals surface area contributed by atoms with E-state index in [1.807, 2.05) is 42.5 Å². The quantitative estimate of drug-likeness (QED) is 0.479. The summed E-state index contributed by atoms with van der Waals surface area (Å²) in [5, 5.41) is 8.91. The molecule has 5 nitrogen and oxygen atoms in total. The highest BCUT2D eigenvalue weighted by Crippen LogP contribution is 2.35. The maximum atomic E-state index is 12.1. The van der Waals surface area contributed by atoms with Gasteiger partial charge in [-0.05, 0) is 61.1 Å². The molecule has 31 heavy (non-hydrogen) atoms. The highest BCUT2D eigenvalue weighted by atomic mass is 16.5. The van der Waals surface area contributed by atoms with Crippen LogP contribution in [0.1, 0.15) is 54.7 Å². The van der Waals surface area contributed by atoms with Crippen molar-refractivity contribution >= 4 is 5.97 Å². The molecule has 0 aromatic heterocycles. The highest BCUT2D eigenvalue weighted by molar-refractivity contribution is 5.71. The van der Waals surface area contributed by atoms with Crippen LogP contribution in [0.15, 0.2) is 42.5 Å². The van der Waals surface area contributed by atoms with Crippen molar-refractivity contribution in [2.24, 2.45) is 0 Å². The molecule has 2 aromatic rings. The van der Waals surface area contributed by atoms with Gasteiger partial charge in [0.15, 0.2) is 11.5 Å². The maximum Gasteiger partial charge on any atom is 0.307 e. The summed E-state index contributed by atoms with van der Waals surface area (Å²) in [5.41, 5.74) is 2.59. The summed E-state index contributed by atoms with van der Waals surface area (Å²) >= 11 is 0. The van der Waals surface area contributed by atoms with Crippen molar-refractivity contribution in [2.75, 3.05) is 14.2 Å². The Balaban J connectivity index is 1.90. The molecule has 1 saturated carbocycles. The van der Waals surface area contributed by atoms with E-state index in [0.717, 1.165) is 29.5 Å². The molecule has 1 atom stereocenters. The van der Waals surface area contributed by atoms with E-state index in [1.54, 1.807) is 7.11 Å². The summed E-state index contributed by atoms with van der Waals surface area (Å²) in [7, 11) is 3.00. The van der Waals surface area contributed by atoms with Crippen molar-refractivity contribution in [3.63, 3.8) is 0 Å². The molecule has 3 rings (SSSR count). The second kappa shape index (κ2) is 11.1. The van der Waals surface area contributed by atoms with E-state index in [1.165, 1.54) is 20.0 Å². The van der Waals surface area contributed by atoms with E-state index in [9.17, 15) is 4.79 Å². The summed E-state index contributed by atoms with van der Waals surface area (Å²) in [6.45, 7) is 0. The zero-order valence-electron chi connectivity index (χ0n) is 18.0. The van der Waals surface area contributed by atoms with E-state index in [0.29, 0.717) is 17.9 Å². The van der Waals surface area contributed by atoms with Gasteiger partial charge < -0.3 is 14.2 Å². The van der Waals surface area contributed by atoms with Crippen molar-refractivity contribution in [3.05, 3.63) is 59.2 Å². The molecular formula is C26H27NO4. The summed E-state index contributed by atoms with van der Waals surface area (Å²) in [5.74, 6) is 7.03. The minimum atomic E-state index is -0.357. The van der Waals surface area contributed by atoms with E-state index in [2.05, 4.69) is 17.9 Å². The van der Waals surface area contributed by atoms with Crippen LogP contribution in [0, 0.1) is 23.2 Å². The summed E-state index contributed by atoms with van der Waals surface area (Å²) < 4.78 is 16.6. The fraction of sp³-hybridized carbons (Fsp3) is 0.385. The number of ether oxygens (including phenoxy) is 3. The fourth-order valence-electron chi connectivity index (χ4n) is 3.71. The van der Waals surface area contributed by atoms with Crippen LogP contribution in [-0.2, 0) is 16.0 Å². The van der Waals surface area contributed by atoms with Crippen LogP contribution in [0.5, 0.6) is 11.5 Å². The molecule has 160 valence electrons. The van der Waals surface area contributed by atoms with E-state index < -0.39 is 0 Å². The van der Waals surface area contributed by atoms with E-state index in [-0.39, 0.29) is 24.4 Å². The Bertz CT molecular complexity index is 1010. The summed E-state index contributed by atoms with van der Waals surface area (Å²) in [4.78, 5) is 12.1. The molecular weight excluding hydrogens is 390 g/mol. The number of hydrogen-bond donors (Lipinski definition) is 0. The molecule has 0 amide bonds. The van der Waals surface area contributed by atoms with Gasteiger partial charge in [0.25, 0.3) is 0 Å². The Morgan fingerprint density at radius 2 is 1.94 bits per heavy atom. The first kappa shape index (κ1) is 22.2. The average Bonchev–Trinajstić information content (AvgIpc) is 3.30. The largest absolute Gasteiger partial charge is 0.493 e. The third-order valence-electron chi connectivity index (χ3n) is 5.39. The van der Waals surface area contributed by atoms with E-state index in [4.69, 9.17) is 19.5 Å². The molecule has 1 unspecified atom stereocenters. The van der Waals surface area contributed by atoms with Gasteiger partial charge in [0.05, 0.1) is 45.2 Å². The minimum Gasteiger partial charge on any atom is -0.493 e. The summed E-state index contributed by atoms with van der Waals surface area (Å²) in [6, 6.07) is 15.4.